The Balaban J connectivity index is 1.42. The Morgan fingerprint density at radius 3 is 2.70 bits per heavy atom. The maximum absolute atomic E-state index is 12.7. The molecule has 2 aromatic carbocycles. The van der Waals surface area contributed by atoms with E-state index in [9.17, 15) is 13.2 Å². The zero-order valence-corrected chi connectivity index (χ0v) is 28.2. The van der Waals surface area contributed by atoms with Crippen molar-refractivity contribution < 1.29 is 22.7 Å². The van der Waals surface area contributed by atoms with Gasteiger partial charge in [-0.2, -0.15) is 0 Å². The number of piperidine rings is 1. The molecule has 1 aliphatic rings. The van der Waals surface area contributed by atoms with Gasteiger partial charge in [-0.15, -0.1) is 0 Å². The number of sulfonamides is 1. The zero-order chi connectivity index (χ0) is 33.1. The second kappa shape index (κ2) is 13.7. The number of ether oxygens (including phenoxy) is 2. The van der Waals surface area contributed by atoms with Gasteiger partial charge in [0, 0.05) is 42.3 Å². The molecule has 1 unspecified atom stereocenters. The fourth-order valence-electron chi connectivity index (χ4n) is 5.29. The first-order valence-corrected chi connectivity index (χ1v) is 17.3. The molecule has 11 nitrogen and oxygen atoms in total. The highest BCUT2D eigenvalue weighted by Crippen LogP contribution is 2.39. The number of carbonyl (C=O) groups excluding carboxylic acids is 1. The lowest BCUT2D eigenvalue weighted by Gasteiger charge is -2.34. The van der Waals surface area contributed by atoms with Gasteiger partial charge in [0.1, 0.15) is 11.4 Å². The Morgan fingerprint density at radius 1 is 1.13 bits per heavy atom. The number of carbonyl (C=O) groups is 1. The largest absolute Gasteiger partial charge is 0.444 e. The number of anilines is 2. The first kappa shape index (κ1) is 33.2. The molecule has 4 aromatic rings. The normalized spacial score (nSPS) is 15.4. The van der Waals surface area contributed by atoms with Crippen molar-refractivity contribution in [2.24, 2.45) is 0 Å². The van der Waals surface area contributed by atoms with Crippen molar-refractivity contribution in [3.05, 3.63) is 65.4 Å². The quantitative estimate of drug-likeness (QED) is 0.187. The number of amides is 1. The van der Waals surface area contributed by atoms with E-state index in [1.165, 1.54) is 6.20 Å². The van der Waals surface area contributed by atoms with Crippen LogP contribution in [0.3, 0.4) is 0 Å². The van der Waals surface area contributed by atoms with Crippen LogP contribution in [0.15, 0.2) is 54.9 Å². The van der Waals surface area contributed by atoms with Gasteiger partial charge in [0.15, 0.2) is 0 Å². The van der Waals surface area contributed by atoms with Crippen molar-refractivity contribution in [1.82, 2.24) is 19.9 Å². The number of fused-ring (bicyclic) bond motifs is 1. The summed E-state index contributed by atoms with van der Waals surface area (Å²) in [6.07, 6.45) is 4.97. The summed E-state index contributed by atoms with van der Waals surface area (Å²) in [5, 5.41) is 5.18. The molecule has 13 heteroatoms. The SMILES string of the molecule is CCCS(=O)(=O)Nc1cccc2c(Oc3ncc(Cl)cc3-c3ccnc(NC4CCCN(C(=O)OC(C)(C)C)C4)n3)c(C)ccc12. The predicted molar refractivity (Wildman–Crippen MR) is 181 cm³/mol. The molecule has 46 heavy (non-hydrogen) atoms. The number of pyridine rings is 1. The Hall–Kier alpha value is -4.16. The highest BCUT2D eigenvalue weighted by atomic mass is 35.5. The summed E-state index contributed by atoms with van der Waals surface area (Å²) in [5.74, 6) is 1.22. The highest BCUT2D eigenvalue weighted by molar-refractivity contribution is 7.92. The van der Waals surface area contributed by atoms with Gasteiger partial charge in [-0.25, -0.2) is 28.2 Å². The molecule has 0 saturated carbocycles. The molecule has 1 saturated heterocycles. The van der Waals surface area contributed by atoms with Crippen molar-refractivity contribution in [3.63, 3.8) is 0 Å². The van der Waals surface area contributed by atoms with Crippen LogP contribution in [0.4, 0.5) is 16.4 Å². The lowest BCUT2D eigenvalue weighted by atomic mass is 10.0. The lowest BCUT2D eigenvalue weighted by molar-refractivity contribution is 0.0206. The molecule has 0 radical (unpaired) electrons. The van der Waals surface area contributed by atoms with Crippen LogP contribution in [-0.4, -0.2) is 64.8 Å². The van der Waals surface area contributed by atoms with Crippen molar-refractivity contribution in [2.45, 2.75) is 65.5 Å². The van der Waals surface area contributed by atoms with Gasteiger partial charge >= 0.3 is 6.09 Å². The Bertz CT molecular complexity index is 1850. The van der Waals surface area contributed by atoms with Gasteiger partial charge in [0.05, 0.1) is 27.7 Å². The van der Waals surface area contributed by atoms with Gasteiger partial charge in [-0.05, 0) is 70.7 Å². The molecule has 0 bridgehead atoms. The summed E-state index contributed by atoms with van der Waals surface area (Å²) < 4.78 is 39.9. The van der Waals surface area contributed by atoms with Crippen molar-refractivity contribution >= 4 is 50.1 Å². The number of hydrogen-bond acceptors (Lipinski definition) is 9. The second-order valence-corrected chi connectivity index (χ2v) is 14.6. The summed E-state index contributed by atoms with van der Waals surface area (Å²) in [7, 11) is -3.50. The summed E-state index contributed by atoms with van der Waals surface area (Å²) in [6, 6.07) is 12.6. The number of nitrogens with zero attached hydrogens (tertiary/aromatic N) is 4. The molecule has 5 rings (SSSR count). The van der Waals surface area contributed by atoms with Crippen LogP contribution in [0, 0.1) is 6.92 Å². The average molecular weight is 667 g/mol. The Morgan fingerprint density at radius 2 is 1.93 bits per heavy atom. The van der Waals surface area contributed by atoms with Gasteiger partial charge in [-0.1, -0.05) is 42.8 Å². The van der Waals surface area contributed by atoms with Crippen molar-refractivity contribution in [1.29, 1.82) is 0 Å². The Labute approximate surface area is 274 Å². The van der Waals surface area contributed by atoms with E-state index in [2.05, 4.69) is 20.0 Å². The van der Waals surface area contributed by atoms with Crippen LogP contribution in [0.25, 0.3) is 22.0 Å². The summed E-state index contributed by atoms with van der Waals surface area (Å²) in [5.41, 5.74) is 1.82. The fraction of sp³-hybridized carbons (Fsp3) is 0.394. The molecule has 3 heterocycles. The molecule has 1 amide bonds. The number of rotatable bonds is 9. The summed E-state index contributed by atoms with van der Waals surface area (Å²) >= 11 is 6.40. The zero-order valence-electron chi connectivity index (χ0n) is 26.6. The van der Waals surface area contributed by atoms with E-state index in [1.807, 2.05) is 52.8 Å². The molecule has 1 aliphatic heterocycles. The van der Waals surface area contributed by atoms with E-state index in [0.717, 1.165) is 23.8 Å². The average Bonchev–Trinajstić information content (AvgIpc) is 2.98. The predicted octanol–water partition coefficient (Wildman–Crippen LogP) is 7.41. The number of aryl methyl sites for hydroxylation is 1. The van der Waals surface area contributed by atoms with E-state index in [4.69, 9.17) is 26.1 Å². The smallest absolute Gasteiger partial charge is 0.410 e. The van der Waals surface area contributed by atoms with Crippen molar-refractivity contribution in [2.75, 3.05) is 28.9 Å². The number of hydrogen-bond donors (Lipinski definition) is 2. The van der Waals surface area contributed by atoms with Crippen LogP contribution in [0.1, 0.15) is 52.5 Å². The number of benzene rings is 2. The van der Waals surface area contributed by atoms with E-state index in [-0.39, 0.29) is 23.8 Å². The van der Waals surface area contributed by atoms with E-state index >= 15 is 0 Å². The first-order valence-electron chi connectivity index (χ1n) is 15.3. The van der Waals surface area contributed by atoms with Crippen LogP contribution >= 0.6 is 11.6 Å². The third-order valence-electron chi connectivity index (χ3n) is 7.30. The molecular weight excluding hydrogens is 628 g/mol. The van der Waals surface area contributed by atoms with Crippen LogP contribution in [-0.2, 0) is 14.8 Å². The van der Waals surface area contributed by atoms with E-state index in [0.29, 0.717) is 58.6 Å². The maximum Gasteiger partial charge on any atom is 0.410 e. The standard InChI is InChI=1S/C33H39ClN6O5S/c1-6-17-46(42,43)39-28-11-7-10-25-24(28)13-12-21(2)29(25)44-30-26(18-22(34)19-36-30)27-14-15-35-31(38-27)37-23-9-8-16-40(20-23)32(41)45-33(3,4)5/h7,10-15,18-19,23,39H,6,8-9,16-17,20H2,1-5H3,(H,35,37,38). The highest BCUT2D eigenvalue weighted by Gasteiger charge is 2.28. The number of nitrogens with one attached hydrogen (secondary N) is 2. The minimum absolute atomic E-state index is 0.0230. The number of aromatic nitrogens is 3. The molecule has 2 aromatic heterocycles. The van der Waals surface area contributed by atoms with Gasteiger partial charge < -0.3 is 19.7 Å². The van der Waals surface area contributed by atoms with E-state index < -0.39 is 15.6 Å². The number of likely N-dealkylation sites (tertiary alicyclic amines) is 1. The van der Waals surface area contributed by atoms with Gasteiger partial charge in [-0.3, -0.25) is 4.72 Å². The fourth-order valence-corrected chi connectivity index (χ4v) is 6.60. The van der Waals surface area contributed by atoms with Crippen LogP contribution < -0.4 is 14.8 Å². The molecular formula is C33H39ClN6O5S. The molecule has 0 spiro atoms. The van der Waals surface area contributed by atoms with Gasteiger partial charge in [0.25, 0.3) is 0 Å². The molecule has 0 aliphatic carbocycles. The first-order chi connectivity index (χ1) is 21.8. The second-order valence-electron chi connectivity index (χ2n) is 12.3. The van der Waals surface area contributed by atoms with Crippen LogP contribution in [0.5, 0.6) is 11.6 Å². The summed E-state index contributed by atoms with van der Waals surface area (Å²) in [4.78, 5) is 28.0. The molecule has 2 N–H and O–H groups in total. The summed E-state index contributed by atoms with van der Waals surface area (Å²) in [6.45, 7) is 10.4. The lowest BCUT2D eigenvalue weighted by Crippen LogP contribution is -2.47. The van der Waals surface area contributed by atoms with E-state index in [1.54, 1.807) is 35.4 Å². The molecule has 1 atom stereocenters. The minimum Gasteiger partial charge on any atom is -0.444 e. The molecule has 1 fully saturated rings. The molecule has 244 valence electrons. The monoisotopic (exact) mass is 666 g/mol. The minimum atomic E-state index is -3.50. The Kier molecular flexibility index (Phi) is 9.88. The van der Waals surface area contributed by atoms with Gasteiger partial charge in [0.2, 0.25) is 21.9 Å². The third kappa shape index (κ3) is 8.16. The van der Waals surface area contributed by atoms with Crippen molar-refractivity contribution in [3.8, 4) is 22.9 Å². The van der Waals surface area contributed by atoms with Crippen LogP contribution in [0.2, 0.25) is 5.02 Å². The maximum atomic E-state index is 12.7. The third-order valence-corrected chi connectivity index (χ3v) is 8.98. The topological polar surface area (TPSA) is 136 Å². The number of halogens is 1.